The Kier molecular flexibility index (Phi) is 12.2. The molecule has 0 bridgehead atoms. The Hall–Kier alpha value is -0.760. The third-order valence-electron chi connectivity index (χ3n) is 5.02. The van der Waals surface area contributed by atoms with Crippen LogP contribution in [0.3, 0.4) is 0 Å². The highest BCUT2D eigenvalue weighted by molar-refractivity contribution is 7.48. The number of hydroxylamine groups is 3. The summed E-state index contributed by atoms with van der Waals surface area (Å²) in [5.74, 6) is 0.308. The van der Waals surface area contributed by atoms with Gasteiger partial charge in [-0.3, -0.25) is 4.65 Å². The van der Waals surface area contributed by atoms with Gasteiger partial charge in [0.05, 0.1) is 19.3 Å². The van der Waals surface area contributed by atoms with E-state index in [0.717, 1.165) is 6.42 Å². The van der Waals surface area contributed by atoms with Crippen LogP contribution in [0.1, 0.15) is 78.7 Å². The van der Waals surface area contributed by atoms with Gasteiger partial charge in [-0.25, -0.2) is 4.79 Å². The third-order valence-corrected chi connectivity index (χ3v) is 6.37. The normalized spacial score (nSPS) is 12.6. The molecule has 0 aliphatic carbocycles. The zero-order valence-corrected chi connectivity index (χ0v) is 19.8. The maximum Gasteiger partial charge on any atom is 0.318 e. The van der Waals surface area contributed by atoms with E-state index in [1.807, 2.05) is 27.7 Å². The van der Waals surface area contributed by atoms with Crippen LogP contribution in [0.5, 0.6) is 0 Å². The maximum absolute atomic E-state index is 13.2. The Morgan fingerprint density at radius 2 is 1.54 bits per heavy atom. The molecule has 4 heteroatoms. The molecule has 0 N–H and O–H groups in total. The first-order valence-corrected chi connectivity index (χ1v) is 12.4. The van der Waals surface area contributed by atoms with Crippen LogP contribution in [-0.4, -0.2) is 29.8 Å². The van der Waals surface area contributed by atoms with Gasteiger partial charge in [-0.05, 0) is 23.7 Å². The Morgan fingerprint density at radius 3 is 2.14 bits per heavy atom. The van der Waals surface area contributed by atoms with E-state index in [4.69, 9.17) is 0 Å². The topological polar surface area (TPSA) is 40.1 Å². The molecule has 1 unspecified atom stereocenters. The maximum atomic E-state index is 13.2. The first-order chi connectivity index (χ1) is 13.3. The summed E-state index contributed by atoms with van der Waals surface area (Å²) in [5.41, 5.74) is 1.36. The van der Waals surface area contributed by atoms with Crippen molar-refractivity contribution in [3.8, 4) is 0 Å². The predicted molar refractivity (Wildman–Crippen MR) is 124 cm³/mol. The number of rotatable bonds is 14. The van der Waals surface area contributed by atoms with Crippen LogP contribution in [0.4, 0.5) is 0 Å². The predicted octanol–water partition coefficient (Wildman–Crippen LogP) is 6.05. The summed E-state index contributed by atoms with van der Waals surface area (Å²) in [6.45, 7) is 11.1. The van der Waals surface area contributed by atoms with E-state index in [2.05, 4.69) is 31.2 Å². The van der Waals surface area contributed by atoms with Crippen LogP contribution in [0.25, 0.3) is 0 Å². The van der Waals surface area contributed by atoms with Crippen molar-refractivity contribution in [2.24, 2.45) is 11.8 Å². The van der Waals surface area contributed by atoms with Crippen molar-refractivity contribution in [3.05, 3.63) is 35.0 Å². The van der Waals surface area contributed by atoms with Crippen molar-refractivity contribution in [3.63, 3.8) is 0 Å². The summed E-state index contributed by atoms with van der Waals surface area (Å²) in [6, 6.07) is 8.48. The molecule has 0 heterocycles. The van der Waals surface area contributed by atoms with E-state index in [-0.39, 0.29) is 17.7 Å². The van der Waals surface area contributed by atoms with Crippen LogP contribution in [0, 0.1) is 17.0 Å². The number of carbonyl (C=O) groups excluding carboxylic acids is 1. The van der Waals surface area contributed by atoms with E-state index >= 15 is 0 Å². The fourth-order valence-electron chi connectivity index (χ4n) is 3.78. The SMILES string of the molecule is CCCCCCCCc1ccccc1PCC(=O)[N+]([O-])(CC(C)C)CC(C)C. The smallest absolute Gasteiger partial charge is 0.318 e. The molecule has 1 aromatic rings. The lowest BCUT2D eigenvalue weighted by Gasteiger charge is -2.42. The van der Waals surface area contributed by atoms with Gasteiger partial charge in [-0.15, -0.1) is 0 Å². The quantitative estimate of drug-likeness (QED) is 0.163. The molecule has 0 saturated heterocycles. The molecule has 1 amide bonds. The molecule has 0 spiro atoms. The van der Waals surface area contributed by atoms with E-state index in [0.29, 0.717) is 27.8 Å². The van der Waals surface area contributed by atoms with Gasteiger partial charge >= 0.3 is 5.91 Å². The Labute approximate surface area is 175 Å². The number of carbonyl (C=O) groups is 1. The van der Waals surface area contributed by atoms with Gasteiger partial charge < -0.3 is 5.21 Å². The average Bonchev–Trinajstić information content (AvgIpc) is 2.62. The number of aryl methyl sites for hydroxylation is 1. The van der Waals surface area contributed by atoms with Crippen LogP contribution in [-0.2, 0) is 11.2 Å². The molecule has 0 saturated carbocycles. The van der Waals surface area contributed by atoms with Gasteiger partial charge in [-0.1, -0.05) is 99.6 Å². The minimum absolute atomic E-state index is 0.143. The fraction of sp³-hybridized carbons (Fsp3) is 0.708. The van der Waals surface area contributed by atoms with Crippen molar-refractivity contribution in [2.45, 2.75) is 79.6 Å². The second-order valence-corrected chi connectivity index (χ2v) is 10.2. The average molecular weight is 408 g/mol. The summed E-state index contributed by atoms with van der Waals surface area (Å²) in [7, 11) is 0.397. The number of nitrogens with zero attached hydrogens (tertiary/aromatic N) is 1. The Morgan fingerprint density at radius 1 is 0.964 bits per heavy atom. The van der Waals surface area contributed by atoms with Crippen molar-refractivity contribution in [2.75, 3.05) is 19.3 Å². The van der Waals surface area contributed by atoms with Crippen LogP contribution < -0.4 is 5.30 Å². The molecule has 160 valence electrons. The van der Waals surface area contributed by atoms with Crippen molar-refractivity contribution < 1.29 is 9.44 Å². The summed E-state index contributed by atoms with van der Waals surface area (Å²) in [6.07, 6.45) is 9.21. The first kappa shape index (κ1) is 25.3. The second-order valence-electron chi connectivity index (χ2n) is 8.96. The summed E-state index contributed by atoms with van der Waals surface area (Å²) in [5, 5.41) is 14.5. The van der Waals surface area contributed by atoms with Crippen LogP contribution in [0.2, 0.25) is 0 Å². The van der Waals surface area contributed by atoms with Crippen molar-refractivity contribution in [1.82, 2.24) is 0 Å². The highest BCUT2D eigenvalue weighted by Gasteiger charge is 2.29. The molecular weight excluding hydrogens is 365 g/mol. The number of quaternary nitrogens is 1. The summed E-state index contributed by atoms with van der Waals surface area (Å²) >= 11 is 0. The van der Waals surface area contributed by atoms with Gasteiger partial charge in [-0.2, -0.15) is 0 Å². The minimum Gasteiger partial charge on any atom is -0.625 e. The minimum atomic E-state index is -0.665. The molecule has 1 rings (SSSR count). The van der Waals surface area contributed by atoms with E-state index in [1.165, 1.54) is 49.4 Å². The summed E-state index contributed by atoms with van der Waals surface area (Å²) in [4.78, 5) is 12.8. The lowest BCUT2D eigenvalue weighted by Crippen LogP contribution is -2.52. The van der Waals surface area contributed by atoms with E-state index < -0.39 is 4.65 Å². The highest BCUT2D eigenvalue weighted by atomic mass is 31.1. The number of benzene rings is 1. The Balaban J connectivity index is 2.63. The molecule has 3 nitrogen and oxygen atoms in total. The molecule has 0 aromatic heterocycles. The van der Waals surface area contributed by atoms with E-state index in [1.54, 1.807) is 0 Å². The monoisotopic (exact) mass is 407 g/mol. The number of unbranched alkanes of at least 4 members (excludes halogenated alkanes) is 5. The lowest BCUT2D eigenvalue weighted by molar-refractivity contribution is -0.810. The molecular formula is C24H42NO2P. The molecule has 0 fully saturated rings. The van der Waals surface area contributed by atoms with E-state index in [9.17, 15) is 10.0 Å². The molecule has 1 atom stereocenters. The summed E-state index contributed by atoms with van der Waals surface area (Å²) < 4.78 is -0.665. The fourth-order valence-corrected chi connectivity index (χ4v) is 5.06. The van der Waals surface area contributed by atoms with Gasteiger partial charge in [0.25, 0.3) is 0 Å². The van der Waals surface area contributed by atoms with Crippen LogP contribution >= 0.6 is 8.58 Å². The number of amides is 1. The third kappa shape index (κ3) is 9.63. The largest absolute Gasteiger partial charge is 0.625 e. The first-order valence-electron chi connectivity index (χ1n) is 11.2. The number of hydrogen-bond donors (Lipinski definition) is 0. The molecule has 0 aliphatic rings. The second kappa shape index (κ2) is 13.5. The number of hydrogen-bond acceptors (Lipinski definition) is 2. The molecule has 28 heavy (non-hydrogen) atoms. The molecule has 0 radical (unpaired) electrons. The van der Waals surface area contributed by atoms with Crippen LogP contribution in [0.15, 0.2) is 24.3 Å². The van der Waals surface area contributed by atoms with Gasteiger partial charge in [0, 0.05) is 11.8 Å². The standard InChI is InChI=1S/C24H42NO2P/c1-6-7-8-9-10-11-14-22-15-12-13-16-23(22)28-19-24(26)25(27,17-20(2)3)18-21(4)5/h12-13,15-16,20-21,28H,6-11,14,17-19H2,1-5H3. The van der Waals surface area contributed by atoms with Gasteiger partial charge in [0.1, 0.15) is 0 Å². The van der Waals surface area contributed by atoms with Crippen molar-refractivity contribution >= 4 is 19.8 Å². The van der Waals surface area contributed by atoms with Gasteiger partial charge in [0.15, 0.2) is 0 Å². The van der Waals surface area contributed by atoms with Gasteiger partial charge in [0.2, 0.25) is 0 Å². The molecule has 1 aromatic carbocycles. The zero-order valence-electron chi connectivity index (χ0n) is 18.8. The van der Waals surface area contributed by atoms with Crippen molar-refractivity contribution in [1.29, 1.82) is 0 Å². The Bertz CT molecular complexity index is 561. The molecule has 0 aliphatic heterocycles. The highest BCUT2D eigenvalue weighted by Crippen LogP contribution is 2.21. The zero-order chi connectivity index (χ0) is 21.0. The lowest BCUT2D eigenvalue weighted by atomic mass is 10.1.